The lowest BCUT2D eigenvalue weighted by atomic mass is 10.2. The molecule has 116 valence electrons. The molecule has 2 atom stereocenters. The Labute approximate surface area is 140 Å². The van der Waals surface area contributed by atoms with Crippen molar-refractivity contribution in [2.75, 3.05) is 0 Å². The van der Waals surface area contributed by atoms with Crippen molar-refractivity contribution in [3.05, 3.63) is 34.6 Å². The molecule has 2 unspecified atom stereocenters. The second-order valence-corrected chi connectivity index (χ2v) is 7.06. The number of hydrogen-bond acceptors (Lipinski definition) is 6. The van der Waals surface area contributed by atoms with Gasteiger partial charge in [0.05, 0.1) is 5.75 Å². The van der Waals surface area contributed by atoms with Crippen LogP contribution in [0.5, 0.6) is 0 Å². The standard InChI is InChI=1S/C14H15BrN4O2S/c1-8-6-11(20)17-14(16-8)22-7-12-18-13(19-21-12)9-2-4-10(15)5-3-9/h2-5,8,14,16H,6-7H2,1H3,(H,17,20). The Morgan fingerprint density at radius 2 is 2.18 bits per heavy atom. The lowest BCUT2D eigenvalue weighted by Gasteiger charge is -2.28. The molecule has 0 spiro atoms. The number of benzene rings is 1. The van der Waals surface area contributed by atoms with Crippen molar-refractivity contribution in [3.8, 4) is 11.4 Å². The van der Waals surface area contributed by atoms with Gasteiger partial charge in [-0.1, -0.05) is 21.1 Å². The predicted octanol–water partition coefficient (Wildman–Crippen LogP) is 2.51. The van der Waals surface area contributed by atoms with E-state index in [-0.39, 0.29) is 17.4 Å². The number of thioether (sulfide) groups is 1. The maximum absolute atomic E-state index is 11.5. The van der Waals surface area contributed by atoms with Crippen LogP contribution in [0.25, 0.3) is 11.4 Å². The van der Waals surface area contributed by atoms with Crippen molar-refractivity contribution < 1.29 is 9.32 Å². The minimum atomic E-state index is -0.126. The zero-order chi connectivity index (χ0) is 15.5. The summed E-state index contributed by atoms with van der Waals surface area (Å²) in [4.78, 5) is 15.9. The molecule has 3 rings (SSSR count). The molecule has 1 amide bonds. The van der Waals surface area contributed by atoms with Crippen LogP contribution in [0, 0.1) is 0 Å². The van der Waals surface area contributed by atoms with Crippen molar-refractivity contribution in [2.24, 2.45) is 0 Å². The van der Waals surface area contributed by atoms with Gasteiger partial charge in [-0.25, -0.2) is 0 Å². The molecule has 2 aromatic rings. The minimum Gasteiger partial charge on any atom is -0.338 e. The van der Waals surface area contributed by atoms with Gasteiger partial charge in [-0.15, -0.1) is 11.8 Å². The fourth-order valence-corrected chi connectivity index (χ4v) is 3.35. The van der Waals surface area contributed by atoms with Crippen LogP contribution in [0.3, 0.4) is 0 Å². The molecule has 6 nitrogen and oxygen atoms in total. The molecule has 0 aliphatic carbocycles. The van der Waals surface area contributed by atoms with E-state index in [1.54, 1.807) is 0 Å². The summed E-state index contributed by atoms with van der Waals surface area (Å²) in [5.41, 5.74) is 0.778. The molecule has 22 heavy (non-hydrogen) atoms. The first-order chi connectivity index (χ1) is 10.6. The number of halogens is 1. The van der Waals surface area contributed by atoms with Crippen LogP contribution in [0.15, 0.2) is 33.3 Å². The molecule has 2 N–H and O–H groups in total. The average Bonchev–Trinajstić information content (AvgIpc) is 2.94. The summed E-state index contributed by atoms with van der Waals surface area (Å²) in [5.74, 6) is 1.70. The Morgan fingerprint density at radius 1 is 1.41 bits per heavy atom. The zero-order valence-corrected chi connectivity index (χ0v) is 14.3. The molecular weight excluding hydrogens is 368 g/mol. The van der Waals surface area contributed by atoms with Crippen molar-refractivity contribution >= 4 is 33.6 Å². The Kier molecular flexibility index (Phi) is 4.80. The van der Waals surface area contributed by atoms with Crippen molar-refractivity contribution in [1.82, 2.24) is 20.8 Å². The number of nitrogens with one attached hydrogen (secondary N) is 2. The van der Waals surface area contributed by atoms with Gasteiger partial charge in [0.1, 0.15) is 5.50 Å². The van der Waals surface area contributed by atoms with E-state index < -0.39 is 0 Å². The van der Waals surface area contributed by atoms with Gasteiger partial charge >= 0.3 is 0 Å². The van der Waals surface area contributed by atoms with Gasteiger partial charge in [-0.3, -0.25) is 10.1 Å². The summed E-state index contributed by atoms with van der Waals surface area (Å²) < 4.78 is 6.26. The van der Waals surface area contributed by atoms with Crippen molar-refractivity contribution in [1.29, 1.82) is 0 Å². The number of carbonyl (C=O) groups is 1. The van der Waals surface area contributed by atoms with E-state index in [0.29, 0.717) is 23.9 Å². The number of amides is 1. The molecule has 1 aliphatic heterocycles. The average molecular weight is 383 g/mol. The summed E-state index contributed by atoms with van der Waals surface area (Å²) in [6.45, 7) is 1.99. The largest absolute Gasteiger partial charge is 0.338 e. The molecule has 2 heterocycles. The van der Waals surface area contributed by atoms with Gasteiger partial charge < -0.3 is 9.84 Å². The molecule has 1 aliphatic rings. The highest BCUT2D eigenvalue weighted by atomic mass is 79.9. The van der Waals surface area contributed by atoms with Gasteiger partial charge in [0.15, 0.2) is 0 Å². The van der Waals surface area contributed by atoms with E-state index >= 15 is 0 Å². The van der Waals surface area contributed by atoms with Gasteiger partial charge in [-0.05, 0) is 31.2 Å². The normalized spacial score (nSPS) is 21.6. The first-order valence-electron chi connectivity index (χ1n) is 6.86. The van der Waals surface area contributed by atoms with E-state index in [1.807, 2.05) is 31.2 Å². The highest BCUT2D eigenvalue weighted by Gasteiger charge is 2.23. The Morgan fingerprint density at radius 3 is 2.91 bits per heavy atom. The minimum absolute atomic E-state index is 0.0600. The zero-order valence-electron chi connectivity index (χ0n) is 11.9. The smallest absolute Gasteiger partial charge is 0.237 e. The maximum atomic E-state index is 11.5. The Bertz CT molecular complexity index is 661. The summed E-state index contributed by atoms with van der Waals surface area (Å²) in [6.07, 6.45) is 0.505. The van der Waals surface area contributed by atoms with Gasteiger partial charge in [0, 0.05) is 22.5 Å². The van der Waals surface area contributed by atoms with Crippen LogP contribution in [0.4, 0.5) is 0 Å². The molecule has 8 heteroatoms. The SMILES string of the molecule is CC1CC(=O)NC(SCc2nc(-c3ccc(Br)cc3)no2)N1. The van der Waals surface area contributed by atoms with Gasteiger partial charge in [0.25, 0.3) is 0 Å². The first-order valence-corrected chi connectivity index (χ1v) is 8.70. The van der Waals surface area contributed by atoms with Crippen molar-refractivity contribution in [3.63, 3.8) is 0 Å². The van der Waals surface area contributed by atoms with E-state index in [4.69, 9.17) is 4.52 Å². The van der Waals surface area contributed by atoms with E-state index in [0.717, 1.165) is 10.0 Å². The number of aromatic nitrogens is 2. The Balaban J connectivity index is 1.60. The number of carbonyl (C=O) groups excluding carboxylic acids is 1. The van der Waals surface area contributed by atoms with Gasteiger partial charge in [-0.2, -0.15) is 4.98 Å². The second kappa shape index (κ2) is 6.80. The molecule has 0 bridgehead atoms. The highest BCUT2D eigenvalue weighted by Crippen LogP contribution is 2.21. The van der Waals surface area contributed by atoms with Crippen LogP contribution < -0.4 is 10.6 Å². The first kappa shape index (κ1) is 15.5. The molecule has 1 aromatic carbocycles. The number of hydrogen-bond donors (Lipinski definition) is 2. The van der Waals surface area contributed by atoms with Crippen LogP contribution >= 0.6 is 27.7 Å². The van der Waals surface area contributed by atoms with Crippen LogP contribution in [-0.4, -0.2) is 27.6 Å². The lowest BCUT2D eigenvalue weighted by molar-refractivity contribution is -0.123. The molecule has 1 saturated heterocycles. The predicted molar refractivity (Wildman–Crippen MR) is 87.9 cm³/mol. The van der Waals surface area contributed by atoms with E-state index in [2.05, 4.69) is 36.7 Å². The molecular formula is C14H15BrN4O2S. The summed E-state index contributed by atoms with van der Waals surface area (Å²) in [6, 6.07) is 7.89. The number of nitrogens with zero attached hydrogens (tertiary/aromatic N) is 2. The molecule has 1 fully saturated rings. The maximum Gasteiger partial charge on any atom is 0.237 e. The van der Waals surface area contributed by atoms with Crippen LogP contribution in [0.1, 0.15) is 19.2 Å². The van der Waals surface area contributed by atoms with Gasteiger partial charge in [0.2, 0.25) is 17.6 Å². The van der Waals surface area contributed by atoms with Crippen molar-refractivity contribution in [2.45, 2.75) is 30.6 Å². The monoisotopic (exact) mass is 382 g/mol. The topological polar surface area (TPSA) is 80.1 Å². The third-order valence-electron chi connectivity index (χ3n) is 3.16. The Hall–Kier alpha value is -1.38. The lowest BCUT2D eigenvalue weighted by Crippen LogP contribution is -2.53. The number of rotatable bonds is 4. The summed E-state index contributed by atoms with van der Waals surface area (Å²) in [5, 5.41) is 10.2. The quantitative estimate of drug-likeness (QED) is 0.845. The van der Waals surface area contributed by atoms with E-state index in [9.17, 15) is 4.79 Å². The molecule has 1 aromatic heterocycles. The second-order valence-electron chi connectivity index (χ2n) is 5.05. The fourth-order valence-electron chi connectivity index (χ4n) is 2.12. The molecule has 0 radical (unpaired) electrons. The summed E-state index contributed by atoms with van der Waals surface area (Å²) >= 11 is 4.91. The molecule has 0 saturated carbocycles. The fraction of sp³-hybridized carbons (Fsp3) is 0.357. The van der Waals surface area contributed by atoms with Crippen LogP contribution in [-0.2, 0) is 10.5 Å². The third kappa shape index (κ3) is 3.88. The van der Waals surface area contributed by atoms with E-state index in [1.165, 1.54) is 11.8 Å². The summed E-state index contributed by atoms with van der Waals surface area (Å²) in [7, 11) is 0. The highest BCUT2D eigenvalue weighted by molar-refractivity contribution is 9.10. The van der Waals surface area contributed by atoms with Crippen LogP contribution in [0.2, 0.25) is 0 Å². The third-order valence-corrected chi connectivity index (χ3v) is 4.69.